The molecule has 0 spiro atoms. The van der Waals surface area contributed by atoms with Crippen molar-refractivity contribution < 1.29 is 9.90 Å². The molecule has 0 unspecified atom stereocenters. The Morgan fingerprint density at radius 2 is 2.18 bits per heavy atom. The number of fused-ring (bicyclic) bond motifs is 1. The standard InChI is InChI=1S/C13H12BrNO2/c1-8-9(6-12(17)7-16)4-10-5-11(14)2-3-13(10)15-8/h2-5,16H,6-7H2,1H3. The molecule has 0 radical (unpaired) electrons. The van der Waals surface area contributed by atoms with Crippen LogP contribution >= 0.6 is 15.9 Å². The molecule has 17 heavy (non-hydrogen) atoms. The number of carbonyl (C=O) groups is 1. The molecule has 1 aromatic heterocycles. The zero-order valence-corrected chi connectivity index (χ0v) is 11.0. The Bertz CT molecular complexity index is 581. The topological polar surface area (TPSA) is 50.2 Å². The normalized spacial score (nSPS) is 10.8. The summed E-state index contributed by atoms with van der Waals surface area (Å²) >= 11 is 3.41. The van der Waals surface area contributed by atoms with Gasteiger partial charge in [-0.2, -0.15) is 0 Å². The third kappa shape index (κ3) is 2.70. The number of aromatic nitrogens is 1. The summed E-state index contributed by atoms with van der Waals surface area (Å²) in [6.45, 7) is 1.46. The van der Waals surface area contributed by atoms with E-state index in [0.29, 0.717) is 0 Å². The highest BCUT2D eigenvalue weighted by Crippen LogP contribution is 2.21. The van der Waals surface area contributed by atoms with Gasteiger partial charge in [0.05, 0.1) is 5.52 Å². The first-order chi connectivity index (χ1) is 8.10. The van der Waals surface area contributed by atoms with Crippen molar-refractivity contribution in [3.05, 3.63) is 40.0 Å². The number of nitrogens with zero attached hydrogens (tertiary/aromatic N) is 1. The molecule has 0 aliphatic heterocycles. The number of hydrogen-bond donors (Lipinski definition) is 1. The average Bonchev–Trinajstić information content (AvgIpc) is 2.30. The average molecular weight is 294 g/mol. The van der Waals surface area contributed by atoms with Gasteiger partial charge in [-0.25, -0.2) is 0 Å². The third-order valence-electron chi connectivity index (χ3n) is 2.64. The second kappa shape index (κ2) is 4.94. The fourth-order valence-corrected chi connectivity index (χ4v) is 2.11. The van der Waals surface area contributed by atoms with Gasteiger partial charge in [0.15, 0.2) is 5.78 Å². The summed E-state index contributed by atoms with van der Waals surface area (Å²) in [5.41, 5.74) is 2.61. The maximum atomic E-state index is 11.2. The Balaban J connectivity index is 2.49. The number of pyridine rings is 1. The molecule has 4 heteroatoms. The van der Waals surface area contributed by atoms with Crippen LogP contribution in [0.15, 0.2) is 28.7 Å². The fraction of sp³-hybridized carbons (Fsp3) is 0.231. The Hall–Kier alpha value is -1.26. The van der Waals surface area contributed by atoms with Crippen molar-refractivity contribution >= 4 is 32.6 Å². The molecular weight excluding hydrogens is 282 g/mol. The molecule has 1 heterocycles. The van der Waals surface area contributed by atoms with Gasteiger partial charge in [0.25, 0.3) is 0 Å². The number of hydrogen-bond acceptors (Lipinski definition) is 3. The highest BCUT2D eigenvalue weighted by atomic mass is 79.9. The van der Waals surface area contributed by atoms with Gasteiger partial charge in [-0.1, -0.05) is 15.9 Å². The van der Waals surface area contributed by atoms with E-state index in [-0.39, 0.29) is 12.2 Å². The number of aliphatic hydroxyl groups is 1. The molecule has 0 saturated heterocycles. The quantitative estimate of drug-likeness (QED) is 0.945. The number of Topliss-reactive ketones (excluding diaryl/α,β-unsaturated/α-hetero) is 1. The summed E-state index contributed by atoms with van der Waals surface area (Å²) in [7, 11) is 0. The van der Waals surface area contributed by atoms with Gasteiger partial charge in [0, 0.05) is 22.0 Å². The number of carbonyl (C=O) groups excluding carboxylic acids is 1. The van der Waals surface area contributed by atoms with Gasteiger partial charge >= 0.3 is 0 Å². The summed E-state index contributed by atoms with van der Waals surface area (Å²) in [4.78, 5) is 15.7. The van der Waals surface area contributed by atoms with Crippen molar-refractivity contribution in [1.29, 1.82) is 0 Å². The highest BCUT2D eigenvalue weighted by molar-refractivity contribution is 9.10. The molecule has 2 aromatic rings. The third-order valence-corrected chi connectivity index (χ3v) is 3.13. The van der Waals surface area contributed by atoms with E-state index in [9.17, 15) is 4.79 Å². The summed E-state index contributed by atoms with van der Waals surface area (Å²) in [6.07, 6.45) is 0.234. The van der Waals surface area contributed by atoms with Crippen molar-refractivity contribution in [2.75, 3.05) is 6.61 Å². The molecular formula is C13H12BrNO2. The largest absolute Gasteiger partial charge is 0.389 e. The Labute approximate surface area is 108 Å². The van der Waals surface area contributed by atoms with Crippen LogP contribution in [0.5, 0.6) is 0 Å². The van der Waals surface area contributed by atoms with E-state index in [1.54, 1.807) is 0 Å². The zero-order chi connectivity index (χ0) is 12.4. The number of aliphatic hydroxyl groups excluding tert-OH is 1. The van der Waals surface area contributed by atoms with Gasteiger partial charge in [-0.3, -0.25) is 9.78 Å². The lowest BCUT2D eigenvalue weighted by molar-refractivity contribution is -0.121. The van der Waals surface area contributed by atoms with Crippen molar-refractivity contribution in [3.63, 3.8) is 0 Å². The second-order valence-electron chi connectivity index (χ2n) is 3.94. The molecule has 2 rings (SSSR count). The first-order valence-electron chi connectivity index (χ1n) is 5.28. The molecule has 0 bridgehead atoms. The van der Waals surface area contributed by atoms with Gasteiger partial charge in [0.1, 0.15) is 6.61 Å². The van der Waals surface area contributed by atoms with Gasteiger partial charge in [-0.05, 0) is 36.8 Å². The lowest BCUT2D eigenvalue weighted by Gasteiger charge is -2.06. The van der Waals surface area contributed by atoms with Crippen molar-refractivity contribution in [2.45, 2.75) is 13.3 Å². The van der Waals surface area contributed by atoms with Gasteiger partial charge in [0.2, 0.25) is 0 Å². The summed E-state index contributed by atoms with van der Waals surface area (Å²) in [6, 6.07) is 7.79. The van der Waals surface area contributed by atoms with E-state index in [1.165, 1.54) is 0 Å². The van der Waals surface area contributed by atoms with Crippen LogP contribution in [0.2, 0.25) is 0 Å². The Morgan fingerprint density at radius 1 is 1.41 bits per heavy atom. The molecule has 0 amide bonds. The summed E-state index contributed by atoms with van der Waals surface area (Å²) in [5, 5.41) is 9.76. The molecule has 0 aliphatic rings. The van der Waals surface area contributed by atoms with E-state index < -0.39 is 6.61 Å². The summed E-state index contributed by atoms with van der Waals surface area (Å²) < 4.78 is 0.982. The molecule has 1 N–H and O–H groups in total. The minimum atomic E-state index is -0.421. The van der Waals surface area contributed by atoms with Crippen molar-refractivity contribution in [2.24, 2.45) is 0 Å². The monoisotopic (exact) mass is 293 g/mol. The predicted molar refractivity (Wildman–Crippen MR) is 70.0 cm³/mol. The van der Waals surface area contributed by atoms with Gasteiger partial charge < -0.3 is 5.11 Å². The number of aryl methyl sites for hydroxylation is 1. The maximum absolute atomic E-state index is 11.2. The molecule has 1 aromatic carbocycles. The Kier molecular flexibility index (Phi) is 3.54. The smallest absolute Gasteiger partial charge is 0.162 e. The van der Waals surface area contributed by atoms with Crippen LogP contribution in [-0.4, -0.2) is 22.5 Å². The van der Waals surface area contributed by atoms with Crippen LogP contribution in [-0.2, 0) is 11.2 Å². The highest BCUT2D eigenvalue weighted by Gasteiger charge is 2.08. The number of halogens is 1. The van der Waals surface area contributed by atoms with E-state index in [4.69, 9.17) is 5.11 Å². The first kappa shape index (κ1) is 12.2. The van der Waals surface area contributed by atoms with E-state index in [1.807, 2.05) is 31.2 Å². The van der Waals surface area contributed by atoms with Crippen molar-refractivity contribution in [1.82, 2.24) is 4.98 Å². The van der Waals surface area contributed by atoms with Crippen LogP contribution in [0, 0.1) is 6.92 Å². The van der Waals surface area contributed by atoms with E-state index in [2.05, 4.69) is 20.9 Å². The number of rotatable bonds is 3. The SMILES string of the molecule is Cc1nc2ccc(Br)cc2cc1CC(=O)CO. The van der Waals surface area contributed by atoms with Crippen LogP contribution in [0.3, 0.4) is 0 Å². The molecule has 3 nitrogen and oxygen atoms in total. The Morgan fingerprint density at radius 3 is 2.88 bits per heavy atom. The predicted octanol–water partition coefficient (Wildman–Crippen LogP) is 2.41. The minimum absolute atomic E-state index is 0.191. The molecule has 0 aliphatic carbocycles. The molecule has 0 fully saturated rings. The second-order valence-corrected chi connectivity index (χ2v) is 4.86. The zero-order valence-electron chi connectivity index (χ0n) is 9.40. The van der Waals surface area contributed by atoms with Crippen LogP contribution < -0.4 is 0 Å². The molecule has 88 valence electrons. The molecule has 0 atom stereocenters. The lowest BCUT2D eigenvalue weighted by atomic mass is 10.0. The van der Waals surface area contributed by atoms with E-state index >= 15 is 0 Å². The number of ketones is 1. The van der Waals surface area contributed by atoms with Gasteiger partial charge in [-0.15, -0.1) is 0 Å². The number of benzene rings is 1. The minimum Gasteiger partial charge on any atom is -0.389 e. The van der Waals surface area contributed by atoms with Crippen LogP contribution in [0.25, 0.3) is 10.9 Å². The maximum Gasteiger partial charge on any atom is 0.162 e. The summed E-state index contributed by atoms with van der Waals surface area (Å²) in [5.74, 6) is -0.191. The lowest BCUT2D eigenvalue weighted by Crippen LogP contribution is -2.09. The van der Waals surface area contributed by atoms with Crippen LogP contribution in [0.1, 0.15) is 11.3 Å². The van der Waals surface area contributed by atoms with E-state index in [0.717, 1.165) is 26.6 Å². The van der Waals surface area contributed by atoms with Crippen molar-refractivity contribution in [3.8, 4) is 0 Å². The van der Waals surface area contributed by atoms with Crippen LogP contribution in [0.4, 0.5) is 0 Å². The molecule has 0 saturated carbocycles. The first-order valence-corrected chi connectivity index (χ1v) is 6.08. The fourth-order valence-electron chi connectivity index (χ4n) is 1.73.